The van der Waals surface area contributed by atoms with Crippen molar-refractivity contribution in [1.29, 1.82) is 0 Å². The van der Waals surface area contributed by atoms with Crippen molar-refractivity contribution in [3.8, 4) is 0 Å². The topological polar surface area (TPSA) is 38.4 Å². The molecular weight excluding hydrogens is 339 g/mol. The van der Waals surface area contributed by atoms with Gasteiger partial charge in [0.05, 0.1) is 11.4 Å². The number of halogens is 1. The summed E-state index contributed by atoms with van der Waals surface area (Å²) < 4.78 is 20.0. The fourth-order valence-corrected chi connectivity index (χ4v) is 3.08. The molecule has 0 radical (unpaired) electrons. The predicted molar refractivity (Wildman–Crippen MR) is 106 cm³/mol. The summed E-state index contributed by atoms with van der Waals surface area (Å²) in [4.78, 5) is 4.70. The van der Waals surface area contributed by atoms with Crippen LogP contribution in [0.3, 0.4) is 0 Å². The summed E-state index contributed by atoms with van der Waals surface area (Å²) in [5.41, 5.74) is 4.10. The van der Waals surface area contributed by atoms with Crippen LogP contribution < -0.4 is 0 Å². The molecule has 0 atom stereocenters. The molecular formula is C23H19FN2O. The van der Waals surface area contributed by atoms with Gasteiger partial charge in [0.2, 0.25) is 0 Å². The van der Waals surface area contributed by atoms with Gasteiger partial charge in [-0.3, -0.25) is 0 Å². The number of hydrogen-bond acceptors (Lipinski definition) is 3. The zero-order valence-electron chi connectivity index (χ0n) is 15.2. The van der Waals surface area contributed by atoms with Gasteiger partial charge in [-0.2, -0.15) is 0 Å². The smallest absolute Gasteiger partial charge is 0.170 e. The first-order valence-corrected chi connectivity index (χ1v) is 8.92. The van der Waals surface area contributed by atoms with Crippen molar-refractivity contribution in [2.45, 2.75) is 19.8 Å². The van der Waals surface area contributed by atoms with Gasteiger partial charge in [-0.25, -0.2) is 9.38 Å². The molecule has 0 aliphatic carbocycles. The maximum Gasteiger partial charge on any atom is 0.170 e. The molecule has 27 heavy (non-hydrogen) atoms. The highest BCUT2D eigenvalue weighted by Crippen LogP contribution is 2.31. The highest BCUT2D eigenvalue weighted by atomic mass is 19.1. The number of benzene rings is 3. The molecule has 3 aromatic carbocycles. The molecule has 0 unspecified atom stereocenters. The second kappa shape index (κ2) is 7.16. The Balaban J connectivity index is 1.92. The predicted octanol–water partition coefficient (Wildman–Crippen LogP) is 6.26. The molecule has 0 bridgehead atoms. The quantitative estimate of drug-likeness (QED) is 0.404. The van der Waals surface area contributed by atoms with E-state index < -0.39 is 5.82 Å². The Morgan fingerprint density at radius 3 is 2.07 bits per heavy atom. The Morgan fingerprint density at radius 1 is 0.926 bits per heavy atom. The standard InChI is InChI=1S/C23H19FN2O/c1-15(2)22-18-13-20(19(24)14-21(18)27-26-22)25-23(16-9-5-3-6-10-16)17-11-7-4-8-12-17/h3-15H,1-2H3. The summed E-state index contributed by atoms with van der Waals surface area (Å²) in [5.74, 6) is -0.255. The molecule has 3 nitrogen and oxygen atoms in total. The lowest BCUT2D eigenvalue weighted by Gasteiger charge is -2.08. The van der Waals surface area contributed by atoms with Crippen LogP contribution in [0, 0.1) is 5.82 Å². The fraction of sp³-hybridized carbons (Fsp3) is 0.130. The van der Waals surface area contributed by atoms with E-state index in [9.17, 15) is 4.39 Å². The van der Waals surface area contributed by atoms with Crippen LogP contribution in [0.4, 0.5) is 10.1 Å². The van der Waals surface area contributed by atoms with E-state index in [-0.39, 0.29) is 11.6 Å². The molecule has 0 saturated heterocycles. The third kappa shape index (κ3) is 3.38. The zero-order chi connectivity index (χ0) is 18.8. The zero-order valence-corrected chi connectivity index (χ0v) is 15.2. The highest BCUT2D eigenvalue weighted by molar-refractivity contribution is 6.14. The summed E-state index contributed by atoms with van der Waals surface area (Å²) in [7, 11) is 0. The number of hydrogen-bond donors (Lipinski definition) is 0. The molecule has 0 saturated carbocycles. The van der Waals surface area contributed by atoms with Crippen molar-refractivity contribution in [2.75, 3.05) is 0 Å². The number of rotatable bonds is 4. The molecule has 0 aliphatic heterocycles. The van der Waals surface area contributed by atoms with Crippen LogP contribution in [0.5, 0.6) is 0 Å². The van der Waals surface area contributed by atoms with E-state index in [2.05, 4.69) is 5.16 Å². The summed E-state index contributed by atoms with van der Waals surface area (Å²) >= 11 is 0. The van der Waals surface area contributed by atoms with E-state index in [1.54, 1.807) is 6.07 Å². The maximum atomic E-state index is 14.7. The van der Waals surface area contributed by atoms with Crippen LogP contribution >= 0.6 is 0 Å². The van der Waals surface area contributed by atoms with Crippen LogP contribution in [0.2, 0.25) is 0 Å². The monoisotopic (exact) mass is 358 g/mol. The molecule has 1 heterocycles. The van der Waals surface area contributed by atoms with Gasteiger partial charge in [0.25, 0.3) is 0 Å². The van der Waals surface area contributed by atoms with Gasteiger partial charge in [-0.15, -0.1) is 0 Å². The maximum absolute atomic E-state index is 14.7. The van der Waals surface area contributed by atoms with E-state index >= 15 is 0 Å². The average molecular weight is 358 g/mol. The normalized spacial score (nSPS) is 11.1. The first-order valence-electron chi connectivity index (χ1n) is 8.92. The van der Waals surface area contributed by atoms with Gasteiger partial charge in [-0.1, -0.05) is 79.7 Å². The lowest BCUT2D eigenvalue weighted by molar-refractivity contribution is 0.440. The minimum Gasteiger partial charge on any atom is -0.356 e. The Morgan fingerprint density at radius 2 is 1.52 bits per heavy atom. The van der Waals surface area contributed by atoms with Gasteiger partial charge in [0.15, 0.2) is 11.4 Å². The van der Waals surface area contributed by atoms with Crippen molar-refractivity contribution >= 4 is 22.4 Å². The number of fused-ring (bicyclic) bond motifs is 1. The van der Waals surface area contributed by atoms with Crippen molar-refractivity contribution in [2.24, 2.45) is 4.99 Å². The number of aliphatic imine (C=N–C) groups is 1. The van der Waals surface area contributed by atoms with E-state index in [0.717, 1.165) is 27.9 Å². The largest absolute Gasteiger partial charge is 0.356 e. The van der Waals surface area contributed by atoms with Crippen molar-refractivity contribution in [3.63, 3.8) is 0 Å². The molecule has 4 rings (SSSR count). The van der Waals surface area contributed by atoms with Crippen molar-refractivity contribution in [3.05, 3.63) is 95.4 Å². The van der Waals surface area contributed by atoms with E-state index in [0.29, 0.717) is 5.58 Å². The van der Waals surface area contributed by atoms with E-state index in [4.69, 9.17) is 9.52 Å². The summed E-state index contributed by atoms with van der Waals surface area (Å²) in [5, 5.41) is 4.88. The van der Waals surface area contributed by atoms with Crippen LogP contribution in [0.1, 0.15) is 36.6 Å². The van der Waals surface area contributed by atoms with Crippen LogP contribution in [-0.4, -0.2) is 10.9 Å². The SMILES string of the molecule is CC(C)c1noc2cc(F)c(N=C(c3ccccc3)c3ccccc3)cc12. The molecule has 0 aliphatic rings. The Hall–Kier alpha value is -3.27. The summed E-state index contributed by atoms with van der Waals surface area (Å²) in [6.07, 6.45) is 0. The van der Waals surface area contributed by atoms with Crippen LogP contribution in [0.15, 0.2) is 82.3 Å². The van der Waals surface area contributed by atoms with Gasteiger partial charge < -0.3 is 4.52 Å². The molecule has 134 valence electrons. The second-order valence-corrected chi connectivity index (χ2v) is 6.71. The fourth-order valence-electron chi connectivity index (χ4n) is 3.08. The lowest BCUT2D eigenvalue weighted by atomic mass is 10.0. The van der Waals surface area contributed by atoms with Crippen LogP contribution in [0.25, 0.3) is 11.0 Å². The minimum atomic E-state index is -0.432. The third-order valence-electron chi connectivity index (χ3n) is 4.44. The second-order valence-electron chi connectivity index (χ2n) is 6.71. The Kier molecular flexibility index (Phi) is 4.55. The van der Waals surface area contributed by atoms with Gasteiger partial charge in [0.1, 0.15) is 5.69 Å². The first-order chi connectivity index (χ1) is 13.1. The molecule has 4 aromatic rings. The summed E-state index contributed by atoms with van der Waals surface area (Å²) in [6, 6.07) is 22.7. The van der Waals surface area contributed by atoms with Gasteiger partial charge in [-0.05, 0) is 12.0 Å². The molecule has 0 amide bonds. The first kappa shape index (κ1) is 17.2. The van der Waals surface area contributed by atoms with Crippen LogP contribution in [-0.2, 0) is 0 Å². The average Bonchev–Trinajstić information content (AvgIpc) is 3.10. The molecule has 0 N–H and O–H groups in total. The van der Waals surface area contributed by atoms with Crippen molar-refractivity contribution in [1.82, 2.24) is 5.16 Å². The Bertz CT molecular complexity index is 1060. The third-order valence-corrected chi connectivity index (χ3v) is 4.44. The summed E-state index contributed by atoms with van der Waals surface area (Å²) in [6.45, 7) is 4.06. The van der Waals surface area contributed by atoms with Crippen molar-refractivity contribution < 1.29 is 8.91 Å². The Labute approximate surface area is 157 Å². The molecule has 0 spiro atoms. The number of aromatic nitrogens is 1. The minimum absolute atomic E-state index is 0.177. The highest BCUT2D eigenvalue weighted by Gasteiger charge is 2.16. The van der Waals surface area contributed by atoms with E-state index in [1.165, 1.54) is 6.07 Å². The van der Waals surface area contributed by atoms with Gasteiger partial charge in [0, 0.05) is 22.6 Å². The molecule has 4 heteroatoms. The lowest BCUT2D eigenvalue weighted by Crippen LogP contribution is -2.02. The molecule has 1 aromatic heterocycles. The van der Waals surface area contributed by atoms with E-state index in [1.807, 2.05) is 74.5 Å². The van der Waals surface area contributed by atoms with Gasteiger partial charge >= 0.3 is 0 Å². The number of nitrogens with zero attached hydrogens (tertiary/aromatic N) is 2. The molecule has 0 fully saturated rings.